The van der Waals surface area contributed by atoms with Gasteiger partial charge in [0, 0.05) is 45.1 Å². The molecule has 1 aromatic heterocycles. The molecule has 0 saturated carbocycles. The minimum Gasteiger partial charge on any atom is -0.465 e. The Kier molecular flexibility index (Phi) is 5.21. The second-order valence-electron chi connectivity index (χ2n) is 5.80. The van der Waals surface area contributed by atoms with Crippen LogP contribution in [0.4, 0.5) is 5.82 Å². The van der Waals surface area contributed by atoms with E-state index < -0.39 is 0 Å². The number of carbonyl (C=O) groups excluding carboxylic acids is 1. The van der Waals surface area contributed by atoms with Gasteiger partial charge in [-0.3, -0.25) is 4.90 Å². The number of rotatable bonds is 4. The third-order valence-corrected chi connectivity index (χ3v) is 4.21. The highest BCUT2D eigenvalue weighted by Crippen LogP contribution is 2.17. The van der Waals surface area contributed by atoms with Gasteiger partial charge in [0.15, 0.2) is 11.5 Å². The van der Waals surface area contributed by atoms with Gasteiger partial charge < -0.3 is 9.64 Å². The van der Waals surface area contributed by atoms with Crippen molar-refractivity contribution in [1.82, 2.24) is 14.9 Å². The van der Waals surface area contributed by atoms with Crippen molar-refractivity contribution in [3.8, 4) is 6.07 Å². The molecule has 7 nitrogen and oxygen atoms in total. The van der Waals surface area contributed by atoms with E-state index in [4.69, 9.17) is 10.00 Å². The number of hydrogen-bond acceptors (Lipinski definition) is 7. The number of ether oxygens (including phenoxy) is 1. The van der Waals surface area contributed by atoms with E-state index in [0.29, 0.717) is 17.1 Å². The highest BCUT2D eigenvalue weighted by Gasteiger charge is 2.21. The van der Waals surface area contributed by atoms with Crippen LogP contribution in [0, 0.1) is 11.3 Å². The predicted molar refractivity (Wildman–Crippen MR) is 92.0 cm³/mol. The van der Waals surface area contributed by atoms with E-state index in [0.717, 1.165) is 38.3 Å². The SMILES string of the molecule is COC(=O)c1cccc(CN2CCN(c3nccnc3C#N)CC2)c1. The summed E-state index contributed by atoms with van der Waals surface area (Å²) in [6.45, 7) is 4.03. The van der Waals surface area contributed by atoms with Crippen LogP contribution in [0.5, 0.6) is 0 Å². The van der Waals surface area contributed by atoms with Crippen LogP contribution in [0.2, 0.25) is 0 Å². The van der Waals surface area contributed by atoms with Crippen molar-refractivity contribution in [3.05, 3.63) is 53.5 Å². The first kappa shape index (κ1) is 16.9. The normalized spacial score (nSPS) is 14.8. The predicted octanol–water partition coefficient (Wildman–Crippen LogP) is 1.46. The molecule has 0 radical (unpaired) electrons. The van der Waals surface area contributed by atoms with Crippen LogP contribution in [-0.2, 0) is 11.3 Å². The van der Waals surface area contributed by atoms with Crippen molar-refractivity contribution < 1.29 is 9.53 Å². The topological polar surface area (TPSA) is 82.3 Å². The molecule has 3 rings (SSSR count). The number of benzene rings is 1. The molecular formula is C18H19N5O2. The summed E-state index contributed by atoms with van der Waals surface area (Å²) in [6, 6.07) is 9.60. The summed E-state index contributed by atoms with van der Waals surface area (Å²) >= 11 is 0. The number of aromatic nitrogens is 2. The number of esters is 1. The Morgan fingerprint density at radius 1 is 1.24 bits per heavy atom. The minimum absolute atomic E-state index is 0.321. The van der Waals surface area contributed by atoms with Crippen molar-refractivity contribution in [2.24, 2.45) is 0 Å². The number of hydrogen-bond donors (Lipinski definition) is 0. The summed E-state index contributed by atoms with van der Waals surface area (Å²) in [4.78, 5) is 24.4. The molecule has 0 atom stereocenters. The summed E-state index contributed by atoms with van der Waals surface area (Å²) in [5.74, 6) is 0.329. The Hall–Kier alpha value is -2.98. The monoisotopic (exact) mass is 337 g/mol. The lowest BCUT2D eigenvalue weighted by molar-refractivity contribution is 0.0600. The standard InChI is InChI=1S/C18H19N5O2/c1-25-18(24)15-4-2-3-14(11-15)13-22-7-9-23(10-8-22)17-16(12-19)20-5-6-21-17/h2-6,11H,7-10,13H2,1H3. The molecule has 1 aliphatic heterocycles. The van der Waals surface area contributed by atoms with Crippen molar-refractivity contribution in [2.75, 3.05) is 38.2 Å². The van der Waals surface area contributed by atoms with Crippen molar-refractivity contribution >= 4 is 11.8 Å². The lowest BCUT2D eigenvalue weighted by Gasteiger charge is -2.35. The molecule has 0 spiro atoms. The molecule has 1 aromatic carbocycles. The van der Waals surface area contributed by atoms with Crippen LogP contribution < -0.4 is 4.90 Å². The molecule has 25 heavy (non-hydrogen) atoms. The van der Waals surface area contributed by atoms with E-state index in [9.17, 15) is 4.79 Å². The van der Waals surface area contributed by atoms with Crippen LogP contribution in [0.15, 0.2) is 36.7 Å². The van der Waals surface area contributed by atoms with E-state index in [1.807, 2.05) is 18.2 Å². The zero-order valence-electron chi connectivity index (χ0n) is 14.1. The lowest BCUT2D eigenvalue weighted by atomic mass is 10.1. The number of nitrogens with zero attached hydrogens (tertiary/aromatic N) is 5. The molecule has 1 fully saturated rings. The fourth-order valence-electron chi connectivity index (χ4n) is 2.93. The molecule has 2 heterocycles. The third kappa shape index (κ3) is 3.92. The summed E-state index contributed by atoms with van der Waals surface area (Å²) in [6.07, 6.45) is 3.15. The van der Waals surface area contributed by atoms with Crippen molar-refractivity contribution in [2.45, 2.75) is 6.54 Å². The zero-order valence-corrected chi connectivity index (χ0v) is 14.1. The smallest absolute Gasteiger partial charge is 0.337 e. The first-order chi connectivity index (χ1) is 12.2. The third-order valence-electron chi connectivity index (χ3n) is 4.21. The van der Waals surface area contributed by atoms with Crippen LogP contribution >= 0.6 is 0 Å². The summed E-state index contributed by atoms with van der Waals surface area (Å²) in [7, 11) is 1.39. The van der Waals surface area contributed by atoms with Gasteiger partial charge in [0.1, 0.15) is 6.07 Å². The maximum absolute atomic E-state index is 11.6. The Morgan fingerprint density at radius 2 is 2.00 bits per heavy atom. The molecule has 0 aliphatic carbocycles. The molecule has 1 aliphatic rings. The fourth-order valence-corrected chi connectivity index (χ4v) is 2.93. The first-order valence-corrected chi connectivity index (χ1v) is 8.07. The van der Waals surface area contributed by atoms with Gasteiger partial charge in [0.25, 0.3) is 0 Å². The van der Waals surface area contributed by atoms with Gasteiger partial charge in [-0.25, -0.2) is 14.8 Å². The number of anilines is 1. The number of carbonyl (C=O) groups is 1. The van der Waals surface area contributed by atoms with E-state index in [1.165, 1.54) is 13.3 Å². The van der Waals surface area contributed by atoms with Crippen LogP contribution in [0.25, 0.3) is 0 Å². The van der Waals surface area contributed by atoms with Crippen molar-refractivity contribution in [1.29, 1.82) is 5.26 Å². The molecule has 1 saturated heterocycles. The molecule has 0 amide bonds. The van der Waals surface area contributed by atoms with Gasteiger partial charge in [0.2, 0.25) is 0 Å². The average Bonchev–Trinajstić information content (AvgIpc) is 2.68. The summed E-state index contributed by atoms with van der Waals surface area (Å²) in [5.41, 5.74) is 2.01. The van der Waals surface area contributed by atoms with E-state index >= 15 is 0 Å². The fraction of sp³-hybridized carbons (Fsp3) is 0.333. The highest BCUT2D eigenvalue weighted by atomic mass is 16.5. The molecule has 0 N–H and O–H groups in total. The quantitative estimate of drug-likeness (QED) is 0.781. The molecule has 7 heteroatoms. The number of methoxy groups -OCH3 is 1. The average molecular weight is 337 g/mol. The number of piperazine rings is 1. The van der Waals surface area contributed by atoms with E-state index in [1.54, 1.807) is 12.3 Å². The van der Waals surface area contributed by atoms with E-state index in [-0.39, 0.29) is 5.97 Å². The van der Waals surface area contributed by atoms with Crippen LogP contribution in [-0.4, -0.2) is 54.1 Å². The largest absolute Gasteiger partial charge is 0.465 e. The lowest BCUT2D eigenvalue weighted by Crippen LogP contribution is -2.46. The maximum Gasteiger partial charge on any atom is 0.337 e. The van der Waals surface area contributed by atoms with Gasteiger partial charge in [-0.2, -0.15) is 5.26 Å². The Labute approximate surface area is 146 Å². The van der Waals surface area contributed by atoms with Gasteiger partial charge in [-0.15, -0.1) is 0 Å². The van der Waals surface area contributed by atoms with Gasteiger partial charge >= 0.3 is 5.97 Å². The van der Waals surface area contributed by atoms with Crippen LogP contribution in [0.3, 0.4) is 0 Å². The first-order valence-electron chi connectivity index (χ1n) is 8.07. The maximum atomic E-state index is 11.6. The Bertz CT molecular complexity index is 794. The van der Waals surface area contributed by atoms with Crippen molar-refractivity contribution in [3.63, 3.8) is 0 Å². The second-order valence-corrected chi connectivity index (χ2v) is 5.80. The molecule has 128 valence electrons. The zero-order chi connectivity index (χ0) is 17.6. The Balaban J connectivity index is 1.62. The highest BCUT2D eigenvalue weighted by molar-refractivity contribution is 5.89. The second kappa shape index (κ2) is 7.73. The molecule has 0 unspecified atom stereocenters. The summed E-state index contributed by atoms with van der Waals surface area (Å²) < 4.78 is 4.77. The van der Waals surface area contributed by atoms with Gasteiger partial charge in [-0.05, 0) is 17.7 Å². The number of nitriles is 1. The molecule has 2 aromatic rings. The summed E-state index contributed by atoms with van der Waals surface area (Å²) in [5, 5.41) is 9.16. The van der Waals surface area contributed by atoms with Gasteiger partial charge in [0.05, 0.1) is 12.7 Å². The molecular weight excluding hydrogens is 318 g/mol. The van der Waals surface area contributed by atoms with Crippen LogP contribution in [0.1, 0.15) is 21.6 Å². The van der Waals surface area contributed by atoms with Gasteiger partial charge in [-0.1, -0.05) is 12.1 Å². The minimum atomic E-state index is -0.321. The van der Waals surface area contributed by atoms with E-state index in [2.05, 4.69) is 25.8 Å². The Morgan fingerprint density at radius 3 is 2.72 bits per heavy atom. The molecule has 0 bridgehead atoms.